The van der Waals surface area contributed by atoms with Gasteiger partial charge in [0.25, 0.3) is 0 Å². The predicted molar refractivity (Wildman–Crippen MR) is 72.3 cm³/mol. The molecule has 18 heavy (non-hydrogen) atoms. The SMILES string of the molecule is Cc1cc(S(=O)(=O)NC[C@H](C)O)c(C)c(C)c1C. The van der Waals surface area contributed by atoms with E-state index < -0.39 is 16.1 Å². The molecule has 1 atom stereocenters. The van der Waals surface area contributed by atoms with Gasteiger partial charge >= 0.3 is 0 Å². The fourth-order valence-electron chi connectivity index (χ4n) is 1.76. The monoisotopic (exact) mass is 271 g/mol. The third-order valence-corrected chi connectivity index (χ3v) is 4.84. The Kier molecular flexibility index (Phi) is 4.53. The minimum Gasteiger partial charge on any atom is -0.392 e. The Labute approximate surface area is 109 Å². The van der Waals surface area contributed by atoms with Crippen LogP contribution in [0.1, 0.15) is 29.2 Å². The van der Waals surface area contributed by atoms with Crippen LogP contribution in [0.15, 0.2) is 11.0 Å². The van der Waals surface area contributed by atoms with Gasteiger partial charge in [0.15, 0.2) is 0 Å². The van der Waals surface area contributed by atoms with E-state index in [4.69, 9.17) is 5.11 Å². The summed E-state index contributed by atoms with van der Waals surface area (Å²) in [4.78, 5) is 0.295. The Morgan fingerprint density at radius 2 is 1.72 bits per heavy atom. The van der Waals surface area contributed by atoms with Gasteiger partial charge in [0.1, 0.15) is 0 Å². The van der Waals surface area contributed by atoms with Crippen molar-refractivity contribution in [2.75, 3.05) is 6.54 Å². The first-order chi connectivity index (χ1) is 8.16. The van der Waals surface area contributed by atoms with Crippen molar-refractivity contribution >= 4 is 10.0 Å². The first kappa shape index (κ1) is 15.1. The highest BCUT2D eigenvalue weighted by Gasteiger charge is 2.19. The highest BCUT2D eigenvalue weighted by molar-refractivity contribution is 7.89. The smallest absolute Gasteiger partial charge is 0.240 e. The summed E-state index contributed by atoms with van der Waals surface area (Å²) in [5.41, 5.74) is 3.82. The fraction of sp³-hybridized carbons (Fsp3) is 0.538. The topological polar surface area (TPSA) is 66.4 Å². The number of benzene rings is 1. The van der Waals surface area contributed by atoms with E-state index in [1.54, 1.807) is 19.9 Å². The lowest BCUT2D eigenvalue weighted by atomic mass is 10.00. The summed E-state index contributed by atoms with van der Waals surface area (Å²) in [6.45, 7) is 9.17. The molecule has 0 unspecified atom stereocenters. The van der Waals surface area contributed by atoms with E-state index in [1.165, 1.54) is 0 Å². The fourth-order valence-corrected chi connectivity index (χ4v) is 3.27. The van der Waals surface area contributed by atoms with E-state index >= 15 is 0 Å². The lowest BCUT2D eigenvalue weighted by Gasteiger charge is -2.15. The third kappa shape index (κ3) is 3.10. The van der Waals surface area contributed by atoms with E-state index in [-0.39, 0.29) is 6.54 Å². The molecule has 0 saturated carbocycles. The van der Waals surface area contributed by atoms with Gasteiger partial charge in [-0.2, -0.15) is 0 Å². The number of aryl methyl sites for hydroxylation is 1. The van der Waals surface area contributed by atoms with Crippen LogP contribution in [0.25, 0.3) is 0 Å². The minimum absolute atomic E-state index is 0.0216. The lowest BCUT2D eigenvalue weighted by molar-refractivity contribution is 0.198. The summed E-state index contributed by atoms with van der Waals surface area (Å²) in [5.74, 6) is 0. The molecule has 0 aliphatic rings. The van der Waals surface area contributed by atoms with Crippen molar-refractivity contribution in [3.63, 3.8) is 0 Å². The summed E-state index contributed by atoms with van der Waals surface area (Å²) in [5, 5.41) is 9.16. The minimum atomic E-state index is -3.56. The lowest BCUT2D eigenvalue weighted by Crippen LogP contribution is -2.31. The normalized spacial score (nSPS) is 13.7. The summed E-state index contributed by atoms with van der Waals surface area (Å²) in [6.07, 6.45) is -0.701. The summed E-state index contributed by atoms with van der Waals surface area (Å²) in [6, 6.07) is 1.68. The van der Waals surface area contributed by atoms with Crippen molar-refractivity contribution in [2.45, 2.75) is 45.6 Å². The number of nitrogens with one attached hydrogen (secondary N) is 1. The molecule has 1 aromatic carbocycles. The maximum Gasteiger partial charge on any atom is 0.240 e. The summed E-state index contributed by atoms with van der Waals surface area (Å²) in [7, 11) is -3.56. The van der Waals surface area contributed by atoms with Gasteiger partial charge in [0, 0.05) is 6.54 Å². The molecule has 0 heterocycles. The van der Waals surface area contributed by atoms with Gasteiger partial charge in [-0.15, -0.1) is 0 Å². The molecule has 0 aliphatic heterocycles. The van der Waals surface area contributed by atoms with Crippen molar-refractivity contribution in [1.29, 1.82) is 0 Å². The molecule has 0 aliphatic carbocycles. The molecule has 0 aromatic heterocycles. The quantitative estimate of drug-likeness (QED) is 0.873. The van der Waals surface area contributed by atoms with Crippen LogP contribution in [0.2, 0.25) is 0 Å². The molecule has 4 nitrogen and oxygen atoms in total. The largest absolute Gasteiger partial charge is 0.392 e. The van der Waals surface area contributed by atoms with Crippen LogP contribution < -0.4 is 4.72 Å². The first-order valence-corrected chi connectivity index (χ1v) is 7.40. The maximum absolute atomic E-state index is 12.2. The van der Waals surface area contributed by atoms with Crippen LogP contribution in [-0.2, 0) is 10.0 Å². The van der Waals surface area contributed by atoms with Crippen LogP contribution in [0.5, 0.6) is 0 Å². The molecule has 2 N–H and O–H groups in total. The van der Waals surface area contributed by atoms with Crippen molar-refractivity contribution in [2.24, 2.45) is 0 Å². The van der Waals surface area contributed by atoms with Crippen LogP contribution in [-0.4, -0.2) is 26.2 Å². The molecular weight excluding hydrogens is 250 g/mol. The number of aliphatic hydroxyl groups excluding tert-OH is 1. The van der Waals surface area contributed by atoms with Gasteiger partial charge in [-0.1, -0.05) is 0 Å². The first-order valence-electron chi connectivity index (χ1n) is 5.92. The molecule has 1 aromatic rings. The standard InChI is InChI=1S/C13H21NO3S/c1-8-6-13(12(5)11(4)10(8)3)18(16,17)14-7-9(2)15/h6,9,14-15H,7H2,1-5H3/t9-/m0/s1. The van der Waals surface area contributed by atoms with E-state index in [2.05, 4.69) is 4.72 Å². The van der Waals surface area contributed by atoms with Crippen LogP contribution in [0, 0.1) is 27.7 Å². The van der Waals surface area contributed by atoms with Gasteiger partial charge in [-0.05, 0) is 62.9 Å². The molecular formula is C13H21NO3S. The predicted octanol–water partition coefficient (Wildman–Crippen LogP) is 1.58. The van der Waals surface area contributed by atoms with Gasteiger partial charge < -0.3 is 5.11 Å². The van der Waals surface area contributed by atoms with E-state index in [0.717, 1.165) is 22.3 Å². The Balaban J connectivity index is 3.25. The molecule has 1 rings (SSSR count). The van der Waals surface area contributed by atoms with Crippen LogP contribution in [0.4, 0.5) is 0 Å². The Bertz CT molecular complexity index is 548. The molecule has 5 heteroatoms. The summed E-state index contributed by atoms with van der Waals surface area (Å²) < 4.78 is 26.7. The number of hydrogen-bond acceptors (Lipinski definition) is 3. The van der Waals surface area contributed by atoms with Crippen molar-refractivity contribution in [3.05, 3.63) is 28.3 Å². The molecule has 0 spiro atoms. The van der Waals surface area contributed by atoms with Gasteiger partial charge in [0.2, 0.25) is 10.0 Å². The van der Waals surface area contributed by atoms with Gasteiger partial charge in [-0.25, -0.2) is 13.1 Å². The van der Waals surface area contributed by atoms with Crippen molar-refractivity contribution < 1.29 is 13.5 Å². The maximum atomic E-state index is 12.2. The molecule has 102 valence electrons. The third-order valence-electron chi connectivity index (χ3n) is 3.29. The molecule has 0 saturated heterocycles. The average Bonchev–Trinajstić information content (AvgIpc) is 2.28. The zero-order valence-corrected chi connectivity index (χ0v) is 12.4. The molecule has 0 amide bonds. The zero-order chi connectivity index (χ0) is 14.1. The van der Waals surface area contributed by atoms with Gasteiger partial charge in [0.05, 0.1) is 11.0 Å². The number of rotatable bonds is 4. The molecule has 0 radical (unpaired) electrons. The second-order valence-corrected chi connectivity index (χ2v) is 6.50. The average molecular weight is 271 g/mol. The Hall–Kier alpha value is -0.910. The Morgan fingerprint density at radius 1 is 1.17 bits per heavy atom. The highest BCUT2D eigenvalue weighted by atomic mass is 32.2. The molecule has 0 bridgehead atoms. The molecule has 0 fully saturated rings. The zero-order valence-electron chi connectivity index (χ0n) is 11.5. The second-order valence-electron chi connectivity index (χ2n) is 4.77. The highest BCUT2D eigenvalue weighted by Crippen LogP contribution is 2.24. The van der Waals surface area contributed by atoms with Crippen molar-refractivity contribution in [3.8, 4) is 0 Å². The second kappa shape index (κ2) is 5.38. The van der Waals surface area contributed by atoms with E-state index in [9.17, 15) is 8.42 Å². The number of aliphatic hydroxyl groups is 1. The van der Waals surface area contributed by atoms with E-state index in [1.807, 2.05) is 20.8 Å². The van der Waals surface area contributed by atoms with Crippen LogP contribution in [0.3, 0.4) is 0 Å². The summed E-state index contributed by atoms with van der Waals surface area (Å²) >= 11 is 0. The van der Waals surface area contributed by atoms with Gasteiger partial charge in [-0.3, -0.25) is 0 Å². The Morgan fingerprint density at radius 3 is 2.22 bits per heavy atom. The number of sulfonamides is 1. The van der Waals surface area contributed by atoms with Crippen molar-refractivity contribution in [1.82, 2.24) is 4.72 Å². The number of hydrogen-bond donors (Lipinski definition) is 2. The van der Waals surface area contributed by atoms with E-state index in [0.29, 0.717) is 4.90 Å². The van der Waals surface area contributed by atoms with Crippen LogP contribution >= 0.6 is 0 Å².